The Morgan fingerprint density at radius 1 is 1.31 bits per heavy atom. The molecule has 0 aromatic rings. The maximum atomic E-state index is 12.6. The molecule has 2 rings (SSSR count). The van der Waals surface area contributed by atoms with Crippen molar-refractivity contribution in [1.29, 1.82) is 0 Å². The van der Waals surface area contributed by atoms with Crippen LogP contribution in [-0.4, -0.2) is 70.1 Å². The lowest BCUT2D eigenvalue weighted by molar-refractivity contribution is -0.0496. The van der Waals surface area contributed by atoms with Crippen molar-refractivity contribution in [1.82, 2.24) is 14.9 Å². The summed E-state index contributed by atoms with van der Waals surface area (Å²) in [5, 5.41) is 6.42. The Balaban J connectivity index is 0.00000420. The van der Waals surface area contributed by atoms with Crippen molar-refractivity contribution in [2.45, 2.75) is 38.1 Å². The van der Waals surface area contributed by atoms with Gasteiger partial charge in [0, 0.05) is 32.7 Å². The monoisotopic (exact) mass is 554 g/mol. The first-order chi connectivity index (χ1) is 13.2. The maximum Gasteiger partial charge on any atom is 0.511 e. The third kappa shape index (κ3) is 8.21. The summed E-state index contributed by atoms with van der Waals surface area (Å²) in [6.45, 7) is 5.01. The number of piperidine rings is 1. The summed E-state index contributed by atoms with van der Waals surface area (Å²) in [5.41, 5.74) is -3.88. The van der Waals surface area contributed by atoms with Crippen LogP contribution in [0.4, 0.5) is 13.2 Å². The lowest BCUT2D eigenvalue weighted by Crippen LogP contribution is -2.45. The summed E-state index contributed by atoms with van der Waals surface area (Å²) in [4.78, 5) is 4.52. The minimum absolute atomic E-state index is 0. The third-order valence-corrected chi connectivity index (χ3v) is 6.48. The molecule has 0 saturated carbocycles. The topological polar surface area (TPSA) is 83.0 Å². The van der Waals surface area contributed by atoms with Crippen LogP contribution in [0.25, 0.3) is 0 Å². The molecule has 0 spiro atoms. The molecule has 0 radical (unpaired) electrons. The average Bonchev–Trinajstić information content (AvgIpc) is 2.66. The summed E-state index contributed by atoms with van der Waals surface area (Å²) in [6.07, 6.45) is 4.67. The largest absolute Gasteiger partial charge is 0.511 e. The molecule has 29 heavy (non-hydrogen) atoms. The lowest BCUT2D eigenvalue weighted by Gasteiger charge is -2.30. The zero-order valence-electron chi connectivity index (χ0n) is 16.5. The number of alkyl halides is 3. The molecular formula is C17H30F3IN4O3S. The van der Waals surface area contributed by atoms with Gasteiger partial charge in [-0.25, -0.2) is 8.42 Å². The van der Waals surface area contributed by atoms with Crippen LogP contribution in [0.3, 0.4) is 0 Å². The van der Waals surface area contributed by atoms with E-state index in [1.807, 2.05) is 6.92 Å². The minimum Gasteiger partial charge on any atom is -0.377 e. The second-order valence-corrected chi connectivity index (χ2v) is 8.81. The fourth-order valence-electron chi connectivity index (χ4n) is 3.17. The summed E-state index contributed by atoms with van der Waals surface area (Å²) in [6, 6.07) is 0. The highest BCUT2D eigenvalue weighted by atomic mass is 127. The molecular weight excluding hydrogens is 524 g/mol. The van der Waals surface area contributed by atoms with Crippen LogP contribution in [0.5, 0.6) is 0 Å². The number of nitrogens with zero attached hydrogens (tertiary/aromatic N) is 2. The van der Waals surface area contributed by atoms with Crippen LogP contribution in [0.15, 0.2) is 16.6 Å². The van der Waals surface area contributed by atoms with Gasteiger partial charge in [0.15, 0.2) is 5.96 Å². The van der Waals surface area contributed by atoms with Gasteiger partial charge in [0.25, 0.3) is 0 Å². The molecule has 0 aromatic carbocycles. The smallest absolute Gasteiger partial charge is 0.377 e. The van der Waals surface area contributed by atoms with Gasteiger partial charge in [-0.05, 0) is 38.5 Å². The van der Waals surface area contributed by atoms with E-state index in [0.717, 1.165) is 26.0 Å². The Hall–Kier alpha value is -0.600. The normalized spacial score (nSPS) is 20.0. The van der Waals surface area contributed by atoms with E-state index >= 15 is 0 Å². The summed E-state index contributed by atoms with van der Waals surface area (Å²) in [5.74, 6) is 0.730. The number of guanidine groups is 1. The highest BCUT2D eigenvalue weighted by Gasteiger charge is 2.50. The Morgan fingerprint density at radius 2 is 2.00 bits per heavy atom. The van der Waals surface area contributed by atoms with E-state index in [9.17, 15) is 21.6 Å². The van der Waals surface area contributed by atoms with E-state index in [0.29, 0.717) is 42.8 Å². The maximum absolute atomic E-state index is 12.6. The first-order valence-electron chi connectivity index (χ1n) is 9.58. The second-order valence-electron chi connectivity index (χ2n) is 6.88. The Morgan fingerprint density at radius 3 is 2.55 bits per heavy atom. The number of hydrogen-bond acceptors (Lipinski definition) is 4. The highest BCUT2D eigenvalue weighted by molar-refractivity contribution is 14.0. The van der Waals surface area contributed by atoms with Gasteiger partial charge < -0.3 is 15.4 Å². The lowest BCUT2D eigenvalue weighted by atomic mass is 9.98. The van der Waals surface area contributed by atoms with Crippen LogP contribution < -0.4 is 10.6 Å². The molecule has 12 heteroatoms. The molecule has 2 aliphatic rings. The van der Waals surface area contributed by atoms with E-state index < -0.39 is 15.5 Å². The molecule has 0 unspecified atom stereocenters. The number of hydrogen-bond donors (Lipinski definition) is 2. The van der Waals surface area contributed by atoms with E-state index in [2.05, 4.69) is 21.7 Å². The Kier molecular flexibility index (Phi) is 11.2. The second kappa shape index (κ2) is 12.3. The van der Waals surface area contributed by atoms with Crippen molar-refractivity contribution < 1.29 is 26.3 Å². The molecule has 2 N–H and O–H groups in total. The van der Waals surface area contributed by atoms with Crippen molar-refractivity contribution in [3.05, 3.63) is 11.6 Å². The number of aliphatic imine (C=N–C) groups is 1. The number of ether oxygens (including phenoxy) is 1. The first kappa shape index (κ1) is 26.4. The molecule has 0 bridgehead atoms. The van der Waals surface area contributed by atoms with Gasteiger partial charge in [0.05, 0.1) is 13.2 Å². The van der Waals surface area contributed by atoms with Gasteiger partial charge in [-0.3, -0.25) is 4.99 Å². The number of rotatable bonds is 7. The van der Waals surface area contributed by atoms with Gasteiger partial charge in [0.2, 0.25) is 0 Å². The van der Waals surface area contributed by atoms with E-state index in [1.54, 1.807) is 0 Å². The van der Waals surface area contributed by atoms with Gasteiger partial charge in [-0.15, -0.1) is 24.0 Å². The quantitative estimate of drug-likeness (QED) is 0.219. The molecule has 2 heterocycles. The standard InChI is InChI=1S/C17H29F3N4O3S.HI/c1-2-21-16(22-8-3-14-6-11-27-12-7-14)23-13-15-4-9-24(10-5-15)28(25,26)17(18,19)20;/h6,15H,2-5,7-13H2,1H3,(H2,21,22,23);1H. The van der Waals surface area contributed by atoms with Crippen LogP contribution >= 0.6 is 24.0 Å². The van der Waals surface area contributed by atoms with Crippen molar-refractivity contribution in [2.24, 2.45) is 10.9 Å². The third-order valence-electron chi connectivity index (χ3n) is 4.85. The fourth-order valence-corrected chi connectivity index (χ4v) is 4.16. The van der Waals surface area contributed by atoms with Crippen LogP contribution in [0.1, 0.15) is 32.6 Å². The van der Waals surface area contributed by atoms with Crippen LogP contribution in [-0.2, 0) is 14.8 Å². The SMILES string of the molecule is CCNC(=NCC1CCN(S(=O)(=O)C(F)(F)F)CC1)NCCC1=CCOCC1.I. The molecule has 0 amide bonds. The number of nitrogens with one attached hydrogen (secondary N) is 2. The van der Waals surface area contributed by atoms with Crippen molar-refractivity contribution in [3.63, 3.8) is 0 Å². The van der Waals surface area contributed by atoms with E-state index in [4.69, 9.17) is 4.74 Å². The van der Waals surface area contributed by atoms with Crippen LogP contribution in [0, 0.1) is 5.92 Å². The Labute approximate surface area is 187 Å². The van der Waals surface area contributed by atoms with Crippen LogP contribution in [0.2, 0.25) is 0 Å². The first-order valence-corrected chi connectivity index (χ1v) is 11.0. The van der Waals surface area contributed by atoms with Gasteiger partial charge >= 0.3 is 15.5 Å². The molecule has 1 fully saturated rings. The number of sulfonamides is 1. The molecule has 170 valence electrons. The summed E-state index contributed by atoms with van der Waals surface area (Å²) >= 11 is 0. The van der Waals surface area contributed by atoms with Crippen molar-refractivity contribution in [3.8, 4) is 0 Å². The molecule has 1 saturated heterocycles. The molecule has 0 aliphatic carbocycles. The van der Waals surface area contributed by atoms with Gasteiger partial charge in [0.1, 0.15) is 0 Å². The summed E-state index contributed by atoms with van der Waals surface area (Å²) in [7, 11) is -5.23. The van der Waals surface area contributed by atoms with Crippen molar-refractivity contribution in [2.75, 3.05) is 45.9 Å². The van der Waals surface area contributed by atoms with E-state index in [-0.39, 0.29) is 43.0 Å². The van der Waals surface area contributed by atoms with E-state index in [1.165, 1.54) is 5.57 Å². The molecule has 7 nitrogen and oxygen atoms in total. The fraction of sp³-hybridized carbons (Fsp3) is 0.824. The highest BCUT2D eigenvalue weighted by Crippen LogP contribution is 2.30. The van der Waals surface area contributed by atoms with Crippen molar-refractivity contribution >= 4 is 40.0 Å². The van der Waals surface area contributed by atoms with Gasteiger partial charge in [-0.2, -0.15) is 17.5 Å². The molecule has 2 aliphatic heterocycles. The minimum atomic E-state index is -5.24. The molecule has 0 aromatic heterocycles. The van der Waals surface area contributed by atoms with Gasteiger partial charge in [-0.1, -0.05) is 11.6 Å². The summed E-state index contributed by atoms with van der Waals surface area (Å²) < 4.78 is 66.6. The zero-order chi connectivity index (χ0) is 20.6. The Bertz CT molecular complexity index is 663. The molecule has 0 atom stereocenters. The predicted molar refractivity (Wildman–Crippen MR) is 117 cm³/mol. The zero-order valence-corrected chi connectivity index (χ0v) is 19.6. The average molecular weight is 554 g/mol. The predicted octanol–water partition coefficient (Wildman–Crippen LogP) is 2.46. The number of halogens is 4.